The molecule has 1 aliphatic rings. The van der Waals surface area contributed by atoms with Crippen LogP contribution in [-0.2, 0) is 17.4 Å². The van der Waals surface area contributed by atoms with Gasteiger partial charge in [0.1, 0.15) is 11.5 Å². The largest absolute Gasteiger partial charge is 0.433 e. The Kier molecular flexibility index (Phi) is 6.68. The molecule has 2 aromatic rings. The minimum atomic E-state index is -4.53. The summed E-state index contributed by atoms with van der Waals surface area (Å²) in [7, 11) is 0. The standard InChI is InChI=1S/C24H26F3N3O/c1-15-10-21(24(25,26)27)29-22(11-15)30-9-5-8-20(30)23(31)17(3)16(2)12-18-6-4-7-19(13-18)14-28/h4,6-7,10-11,13,16-17,20H,5,8-9,12H2,1-3H3/t16-,17?,20+/m1/s1. The van der Waals surface area contributed by atoms with Crippen molar-refractivity contribution in [2.45, 2.75) is 52.3 Å². The van der Waals surface area contributed by atoms with Gasteiger partial charge in [-0.2, -0.15) is 18.4 Å². The van der Waals surface area contributed by atoms with Crippen LogP contribution in [0.2, 0.25) is 0 Å². The van der Waals surface area contributed by atoms with Crippen LogP contribution >= 0.6 is 0 Å². The highest BCUT2D eigenvalue weighted by Gasteiger charge is 2.38. The Morgan fingerprint density at radius 1 is 1.29 bits per heavy atom. The van der Waals surface area contributed by atoms with E-state index in [2.05, 4.69) is 11.1 Å². The van der Waals surface area contributed by atoms with Crippen molar-refractivity contribution in [3.63, 3.8) is 0 Å². The van der Waals surface area contributed by atoms with E-state index in [1.54, 1.807) is 24.0 Å². The lowest BCUT2D eigenvalue weighted by molar-refractivity contribution is -0.141. The van der Waals surface area contributed by atoms with Gasteiger partial charge in [-0.3, -0.25) is 4.79 Å². The summed E-state index contributed by atoms with van der Waals surface area (Å²) in [6, 6.07) is 11.6. The second-order valence-corrected chi connectivity index (χ2v) is 8.42. The van der Waals surface area contributed by atoms with Gasteiger partial charge in [-0.25, -0.2) is 4.98 Å². The highest BCUT2D eigenvalue weighted by molar-refractivity contribution is 5.89. The third kappa shape index (κ3) is 5.25. The monoisotopic (exact) mass is 429 g/mol. The fourth-order valence-electron chi connectivity index (χ4n) is 4.18. The number of carbonyl (C=O) groups is 1. The first kappa shape index (κ1) is 22.8. The Morgan fingerprint density at radius 3 is 2.71 bits per heavy atom. The SMILES string of the molecule is Cc1cc(N2CCC[C@H]2C(=O)C(C)[C@H](C)Cc2cccc(C#N)c2)nc(C(F)(F)F)c1. The normalized spacial score (nSPS) is 18.5. The van der Waals surface area contributed by atoms with E-state index in [-0.39, 0.29) is 23.4 Å². The summed E-state index contributed by atoms with van der Waals surface area (Å²) in [6.07, 6.45) is -2.54. The van der Waals surface area contributed by atoms with Crippen molar-refractivity contribution in [1.29, 1.82) is 5.26 Å². The summed E-state index contributed by atoms with van der Waals surface area (Å²) >= 11 is 0. The molecule has 0 bridgehead atoms. The number of aromatic nitrogens is 1. The Bertz CT molecular complexity index is 996. The van der Waals surface area contributed by atoms with Crippen LogP contribution in [0.25, 0.3) is 0 Å². The second-order valence-electron chi connectivity index (χ2n) is 8.42. The smallest absolute Gasteiger partial charge is 0.347 e. The summed E-state index contributed by atoms with van der Waals surface area (Å²) in [5.41, 5.74) is 1.11. The number of anilines is 1. The molecule has 164 valence electrons. The van der Waals surface area contributed by atoms with Gasteiger partial charge in [0.15, 0.2) is 5.78 Å². The molecule has 3 rings (SSSR count). The first-order chi connectivity index (χ1) is 14.6. The van der Waals surface area contributed by atoms with Crippen LogP contribution in [0.3, 0.4) is 0 Å². The maximum atomic E-state index is 13.3. The van der Waals surface area contributed by atoms with Crippen molar-refractivity contribution in [3.05, 3.63) is 58.8 Å². The summed E-state index contributed by atoms with van der Waals surface area (Å²) in [5, 5.41) is 9.08. The number of Topliss-reactive ketones (excluding diaryl/α,β-unsaturated/α-hetero) is 1. The highest BCUT2D eigenvalue weighted by Crippen LogP contribution is 2.33. The van der Waals surface area contributed by atoms with Gasteiger partial charge in [0.25, 0.3) is 0 Å². The van der Waals surface area contributed by atoms with Crippen LogP contribution in [0, 0.1) is 30.1 Å². The lowest BCUT2D eigenvalue weighted by Crippen LogP contribution is -2.41. The van der Waals surface area contributed by atoms with Gasteiger partial charge in [-0.1, -0.05) is 26.0 Å². The molecule has 1 fully saturated rings. The molecule has 2 heterocycles. The van der Waals surface area contributed by atoms with E-state index < -0.39 is 17.9 Å². The number of benzene rings is 1. The van der Waals surface area contributed by atoms with Crippen LogP contribution in [-0.4, -0.2) is 23.4 Å². The molecule has 0 N–H and O–H groups in total. The van der Waals surface area contributed by atoms with Crippen LogP contribution in [0.5, 0.6) is 0 Å². The first-order valence-electron chi connectivity index (χ1n) is 10.5. The fraction of sp³-hybridized carbons (Fsp3) is 0.458. The number of rotatable bonds is 6. The zero-order chi connectivity index (χ0) is 22.8. The minimum Gasteiger partial charge on any atom is -0.347 e. The molecule has 1 aromatic carbocycles. The number of nitriles is 1. The minimum absolute atomic E-state index is 0.0262. The Hall–Kier alpha value is -2.88. The molecule has 4 nitrogen and oxygen atoms in total. The molecule has 0 radical (unpaired) electrons. The van der Waals surface area contributed by atoms with Crippen LogP contribution in [0.1, 0.15) is 49.1 Å². The molecule has 31 heavy (non-hydrogen) atoms. The number of ketones is 1. The predicted molar refractivity (Wildman–Crippen MR) is 113 cm³/mol. The van der Waals surface area contributed by atoms with Crippen LogP contribution in [0.4, 0.5) is 19.0 Å². The van der Waals surface area contributed by atoms with Crippen molar-refractivity contribution in [2.75, 3.05) is 11.4 Å². The summed E-state index contributed by atoms with van der Waals surface area (Å²) < 4.78 is 39.7. The number of hydrogen-bond acceptors (Lipinski definition) is 4. The molecule has 1 aromatic heterocycles. The molecule has 7 heteroatoms. The molecule has 0 spiro atoms. The quantitative estimate of drug-likeness (QED) is 0.623. The summed E-state index contributed by atoms with van der Waals surface area (Å²) in [6.45, 7) is 5.99. The van der Waals surface area contributed by atoms with Gasteiger partial charge < -0.3 is 4.90 Å². The predicted octanol–water partition coefficient (Wildman–Crippen LogP) is 5.33. The molecule has 1 unspecified atom stereocenters. The van der Waals surface area contributed by atoms with Crippen LogP contribution in [0.15, 0.2) is 36.4 Å². The summed E-state index contributed by atoms with van der Waals surface area (Å²) in [5.74, 6) is -0.00797. The zero-order valence-electron chi connectivity index (χ0n) is 17.9. The number of carbonyl (C=O) groups excluding carboxylic acids is 1. The zero-order valence-corrected chi connectivity index (χ0v) is 17.9. The molecular formula is C24H26F3N3O. The third-order valence-electron chi connectivity index (χ3n) is 6.04. The number of halogens is 3. The average Bonchev–Trinajstić information content (AvgIpc) is 3.21. The molecule has 3 atom stereocenters. The average molecular weight is 429 g/mol. The van der Waals surface area contributed by atoms with E-state index in [4.69, 9.17) is 5.26 Å². The van der Waals surface area contributed by atoms with Crippen molar-refractivity contribution in [2.24, 2.45) is 11.8 Å². The molecular weight excluding hydrogens is 403 g/mol. The van der Waals surface area contributed by atoms with Gasteiger partial charge in [0, 0.05) is 12.5 Å². The fourth-order valence-corrected chi connectivity index (χ4v) is 4.18. The molecule has 0 saturated carbocycles. The van der Waals surface area contributed by atoms with Crippen molar-refractivity contribution >= 4 is 11.6 Å². The maximum Gasteiger partial charge on any atom is 0.433 e. The maximum absolute atomic E-state index is 13.3. The molecule has 1 saturated heterocycles. The molecule has 1 aliphatic heterocycles. The number of aryl methyl sites for hydroxylation is 1. The summed E-state index contributed by atoms with van der Waals surface area (Å²) in [4.78, 5) is 18.9. The topological polar surface area (TPSA) is 57.0 Å². The van der Waals surface area contributed by atoms with Gasteiger partial charge in [-0.15, -0.1) is 0 Å². The van der Waals surface area contributed by atoms with E-state index in [0.29, 0.717) is 30.5 Å². The van der Waals surface area contributed by atoms with E-state index in [1.807, 2.05) is 32.0 Å². The third-order valence-corrected chi connectivity index (χ3v) is 6.04. The Labute approximate surface area is 180 Å². The van der Waals surface area contributed by atoms with Gasteiger partial charge in [0.2, 0.25) is 0 Å². The van der Waals surface area contributed by atoms with E-state index in [1.165, 1.54) is 0 Å². The molecule has 0 aliphatic carbocycles. The Morgan fingerprint density at radius 2 is 2.03 bits per heavy atom. The lowest BCUT2D eigenvalue weighted by atomic mass is 9.83. The van der Waals surface area contributed by atoms with Crippen molar-refractivity contribution in [3.8, 4) is 6.07 Å². The lowest BCUT2D eigenvalue weighted by Gasteiger charge is -2.29. The molecule has 0 amide bonds. The van der Waals surface area contributed by atoms with Crippen molar-refractivity contribution < 1.29 is 18.0 Å². The van der Waals surface area contributed by atoms with E-state index in [0.717, 1.165) is 18.1 Å². The van der Waals surface area contributed by atoms with E-state index in [9.17, 15) is 18.0 Å². The van der Waals surface area contributed by atoms with Gasteiger partial charge in [-0.05, 0) is 67.5 Å². The van der Waals surface area contributed by atoms with Crippen LogP contribution < -0.4 is 4.90 Å². The van der Waals surface area contributed by atoms with E-state index >= 15 is 0 Å². The number of pyridine rings is 1. The van der Waals surface area contributed by atoms with Gasteiger partial charge in [0.05, 0.1) is 17.7 Å². The van der Waals surface area contributed by atoms with Gasteiger partial charge >= 0.3 is 6.18 Å². The number of alkyl halides is 3. The number of hydrogen-bond donors (Lipinski definition) is 0. The first-order valence-corrected chi connectivity index (χ1v) is 10.5. The Balaban J connectivity index is 1.77. The number of nitrogens with zero attached hydrogens (tertiary/aromatic N) is 3. The highest BCUT2D eigenvalue weighted by atomic mass is 19.4. The second kappa shape index (κ2) is 9.09. The van der Waals surface area contributed by atoms with Crippen molar-refractivity contribution in [1.82, 2.24) is 4.98 Å².